The highest BCUT2D eigenvalue weighted by atomic mass is 16.1. The lowest BCUT2D eigenvalue weighted by Gasteiger charge is -2.45. The van der Waals surface area contributed by atoms with Crippen LogP contribution in [0.1, 0.15) is 43.2 Å². The van der Waals surface area contributed by atoms with Gasteiger partial charge in [0.15, 0.2) is 0 Å². The summed E-state index contributed by atoms with van der Waals surface area (Å²) in [5.41, 5.74) is 11.5. The van der Waals surface area contributed by atoms with Gasteiger partial charge < -0.3 is 16.0 Å². The van der Waals surface area contributed by atoms with E-state index >= 15 is 0 Å². The number of fused-ring (bicyclic) bond motifs is 2. The van der Waals surface area contributed by atoms with Gasteiger partial charge in [-0.1, -0.05) is 30.3 Å². The number of nitrogens with two attached hydrogens (primary N) is 1. The molecule has 1 amide bonds. The average molecular weight is 481 g/mol. The van der Waals surface area contributed by atoms with Crippen molar-refractivity contribution >= 4 is 23.4 Å². The lowest BCUT2D eigenvalue weighted by molar-refractivity contribution is -0.111. The Morgan fingerprint density at radius 2 is 1.72 bits per heavy atom. The standard InChI is InChI=1S/C31H36N4O/c1-35(15-12-24-16-25-18-26(17-24)19-25)21-23-4-2-22(3-5-23)6-9-31(36)34-30-20-28(7-8-29(30)32)27-10-13-33-14-11-27/h2-11,13-14,20,24-26H,12,15-19,21,32H2,1H3,(H,34,36)/b9-6+. The Balaban J connectivity index is 1.11. The first-order chi connectivity index (χ1) is 17.5. The molecule has 0 unspecified atom stereocenters. The van der Waals surface area contributed by atoms with Crippen LogP contribution >= 0.6 is 0 Å². The van der Waals surface area contributed by atoms with Crippen LogP contribution in [0, 0.1) is 17.8 Å². The molecule has 3 aliphatic carbocycles. The van der Waals surface area contributed by atoms with Crippen LogP contribution in [0.25, 0.3) is 17.2 Å². The second kappa shape index (κ2) is 11.1. The number of nitrogens with zero attached hydrogens (tertiary/aromatic N) is 2. The van der Waals surface area contributed by atoms with Crippen molar-refractivity contribution in [2.75, 3.05) is 24.6 Å². The highest BCUT2D eigenvalue weighted by Crippen LogP contribution is 2.48. The van der Waals surface area contributed by atoms with E-state index in [1.54, 1.807) is 18.5 Å². The van der Waals surface area contributed by atoms with Crippen molar-refractivity contribution in [1.29, 1.82) is 0 Å². The maximum atomic E-state index is 12.6. The molecule has 2 bridgehead atoms. The molecule has 3 aromatic rings. The van der Waals surface area contributed by atoms with Crippen molar-refractivity contribution in [1.82, 2.24) is 9.88 Å². The van der Waals surface area contributed by atoms with Gasteiger partial charge in [-0.25, -0.2) is 0 Å². The fourth-order valence-corrected chi connectivity index (χ4v) is 5.80. The average Bonchev–Trinajstić information content (AvgIpc) is 2.88. The summed E-state index contributed by atoms with van der Waals surface area (Å²) in [5, 5.41) is 2.90. The molecule has 0 aliphatic heterocycles. The number of anilines is 2. The summed E-state index contributed by atoms with van der Waals surface area (Å²) < 4.78 is 0. The maximum Gasteiger partial charge on any atom is 0.248 e. The number of amides is 1. The highest BCUT2D eigenvalue weighted by Gasteiger charge is 2.37. The maximum absolute atomic E-state index is 12.6. The van der Waals surface area contributed by atoms with Crippen LogP contribution in [-0.2, 0) is 11.3 Å². The van der Waals surface area contributed by atoms with Gasteiger partial charge in [-0.2, -0.15) is 0 Å². The fourth-order valence-electron chi connectivity index (χ4n) is 5.80. The van der Waals surface area contributed by atoms with E-state index in [-0.39, 0.29) is 5.91 Å². The van der Waals surface area contributed by atoms with Gasteiger partial charge in [-0.15, -0.1) is 0 Å². The molecule has 1 aromatic heterocycles. The Morgan fingerprint density at radius 3 is 2.44 bits per heavy atom. The molecular weight excluding hydrogens is 444 g/mol. The van der Waals surface area contributed by atoms with Gasteiger partial charge in [0, 0.05) is 25.0 Å². The number of carbonyl (C=O) groups is 1. The number of benzene rings is 2. The fraction of sp³-hybridized carbons (Fsp3) is 0.355. The molecule has 0 spiro atoms. The predicted molar refractivity (Wildman–Crippen MR) is 148 cm³/mol. The Kier molecular flexibility index (Phi) is 7.47. The third-order valence-corrected chi connectivity index (χ3v) is 7.77. The van der Waals surface area contributed by atoms with E-state index in [1.807, 2.05) is 36.4 Å². The number of pyridine rings is 1. The van der Waals surface area contributed by atoms with Crippen molar-refractivity contribution in [2.45, 2.75) is 38.6 Å². The van der Waals surface area contributed by atoms with E-state index in [1.165, 1.54) is 37.7 Å². The third-order valence-electron chi connectivity index (χ3n) is 7.77. The Bertz CT molecular complexity index is 1190. The molecule has 5 nitrogen and oxygen atoms in total. The molecule has 5 heteroatoms. The number of aromatic nitrogens is 1. The predicted octanol–water partition coefficient (Wildman–Crippen LogP) is 6.24. The summed E-state index contributed by atoms with van der Waals surface area (Å²) in [5.74, 6) is 2.81. The molecule has 2 aromatic carbocycles. The summed E-state index contributed by atoms with van der Waals surface area (Å²) in [6, 6.07) is 17.9. The topological polar surface area (TPSA) is 71.2 Å². The van der Waals surface area contributed by atoms with E-state index in [4.69, 9.17) is 5.73 Å². The third kappa shape index (κ3) is 6.21. The summed E-state index contributed by atoms with van der Waals surface area (Å²) in [6.07, 6.45) is 14.1. The second-order valence-electron chi connectivity index (χ2n) is 10.7. The van der Waals surface area contributed by atoms with E-state index in [9.17, 15) is 4.79 Å². The molecule has 0 saturated heterocycles. The van der Waals surface area contributed by atoms with Gasteiger partial charge in [0.05, 0.1) is 11.4 Å². The Labute approximate surface area is 214 Å². The Hall–Kier alpha value is -3.44. The van der Waals surface area contributed by atoms with Gasteiger partial charge in [0.1, 0.15) is 0 Å². The summed E-state index contributed by atoms with van der Waals surface area (Å²) in [4.78, 5) is 19.0. The zero-order valence-electron chi connectivity index (χ0n) is 21.1. The first kappa shape index (κ1) is 24.3. The van der Waals surface area contributed by atoms with Crippen LogP contribution < -0.4 is 11.1 Å². The lowest BCUT2D eigenvalue weighted by atomic mass is 9.61. The second-order valence-corrected chi connectivity index (χ2v) is 10.7. The number of rotatable bonds is 9. The normalized spacial score (nSPS) is 20.9. The molecule has 3 N–H and O–H groups in total. The number of hydrogen-bond donors (Lipinski definition) is 2. The molecule has 6 rings (SSSR count). The molecule has 0 atom stereocenters. The van der Waals surface area contributed by atoms with Gasteiger partial charge in [-0.3, -0.25) is 9.78 Å². The summed E-state index contributed by atoms with van der Waals surface area (Å²) in [7, 11) is 2.22. The molecule has 3 aliphatic rings. The summed E-state index contributed by atoms with van der Waals surface area (Å²) in [6.45, 7) is 2.12. The van der Waals surface area contributed by atoms with E-state index < -0.39 is 0 Å². The van der Waals surface area contributed by atoms with Crippen LogP contribution in [0.2, 0.25) is 0 Å². The van der Waals surface area contributed by atoms with Gasteiger partial charge in [0.2, 0.25) is 5.91 Å². The van der Waals surface area contributed by atoms with Crippen LogP contribution in [0.3, 0.4) is 0 Å². The molecule has 1 heterocycles. The smallest absolute Gasteiger partial charge is 0.248 e. The SMILES string of the molecule is CN(CCC1CC2CC(C1)C2)Cc1ccc(/C=C/C(=O)Nc2cc(-c3ccncc3)ccc2N)cc1. The van der Waals surface area contributed by atoms with Crippen molar-refractivity contribution < 1.29 is 4.79 Å². The molecule has 0 radical (unpaired) electrons. The monoisotopic (exact) mass is 480 g/mol. The highest BCUT2D eigenvalue weighted by molar-refractivity contribution is 6.04. The van der Waals surface area contributed by atoms with Crippen LogP contribution in [-0.4, -0.2) is 29.4 Å². The molecule has 36 heavy (non-hydrogen) atoms. The minimum absolute atomic E-state index is 0.210. The van der Waals surface area contributed by atoms with Gasteiger partial charge in [0.25, 0.3) is 0 Å². The van der Waals surface area contributed by atoms with Crippen molar-refractivity contribution in [3.8, 4) is 11.1 Å². The number of nitrogen functional groups attached to an aromatic ring is 1. The van der Waals surface area contributed by atoms with E-state index in [2.05, 4.69) is 46.5 Å². The number of hydrogen-bond acceptors (Lipinski definition) is 4. The van der Waals surface area contributed by atoms with Gasteiger partial charge >= 0.3 is 0 Å². The summed E-state index contributed by atoms with van der Waals surface area (Å²) >= 11 is 0. The van der Waals surface area contributed by atoms with Gasteiger partial charge in [-0.05, 0) is 116 Å². The minimum Gasteiger partial charge on any atom is -0.397 e. The molecular formula is C31H36N4O. The Morgan fingerprint density at radius 1 is 1.00 bits per heavy atom. The first-order valence-corrected chi connectivity index (χ1v) is 13.1. The number of nitrogens with one attached hydrogen (secondary N) is 1. The van der Waals surface area contributed by atoms with Crippen molar-refractivity contribution in [2.24, 2.45) is 17.8 Å². The zero-order chi connectivity index (χ0) is 24.9. The van der Waals surface area contributed by atoms with Crippen molar-refractivity contribution in [3.63, 3.8) is 0 Å². The van der Waals surface area contributed by atoms with E-state index in [0.717, 1.165) is 47.5 Å². The zero-order valence-corrected chi connectivity index (χ0v) is 21.1. The molecule has 3 saturated carbocycles. The first-order valence-electron chi connectivity index (χ1n) is 13.1. The van der Waals surface area contributed by atoms with Crippen LogP contribution in [0.4, 0.5) is 11.4 Å². The molecule has 3 fully saturated rings. The lowest BCUT2D eigenvalue weighted by Crippen LogP contribution is -2.35. The number of carbonyl (C=O) groups excluding carboxylic acids is 1. The largest absolute Gasteiger partial charge is 0.397 e. The van der Waals surface area contributed by atoms with E-state index in [0.29, 0.717) is 11.4 Å². The van der Waals surface area contributed by atoms with Crippen LogP contribution in [0.15, 0.2) is 73.1 Å². The van der Waals surface area contributed by atoms with Crippen molar-refractivity contribution in [3.05, 3.63) is 84.2 Å². The van der Waals surface area contributed by atoms with Crippen LogP contribution in [0.5, 0.6) is 0 Å². The minimum atomic E-state index is -0.210. The molecule has 186 valence electrons. The quantitative estimate of drug-likeness (QED) is 0.281.